The van der Waals surface area contributed by atoms with Gasteiger partial charge in [0.1, 0.15) is 12.0 Å². The van der Waals surface area contributed by atoms with Crippen molar-refractivity contribution in [1.29, 1.82) is 0 Å². The molecule has 1 aromatic carbocycles. The first-order chi connectivity index (χ1) is 7.17. The lowest BCUT2D eigenvalue weighted by molar-refractivity contribution is -0.107. The van der Waals surface area contributed by atoms with Crippen LogP contribution in [0.2, 0.25) is 0 Å². The Bertz CT molecular complexity index is 329. The monoisotopic (exact) mass is 206 g/mol. The number of methoxy groups -OCH3 is 1. The fourth-order valence-corrected chi connectivity index (χ4v) is 1.51. The molecule has 1 rings (SSSR count). The minimum absolute atomic E-state index is 0.482. The Morgan fingerprint density at radius 1 is 1.33 bits per heavy atom. The van der Waals surface area contributed by atoms with Gasteiger partial charge in [-0.2, -0.15) is 0 Å². The first-order valence-electron chi connectivity index (χ1n) is 5.29. The Hall–Kier alpha value is -1.31. The predicted molar refractivity (Wildman–Crippen MR) is 61.5 cm³/mol. The van der Waals surface area contributed by atoms with Gasteiger partial charge in [0.15, 0.2) is 0 Å². The Kier molecular flexibility index (Phi) is 4.35. The summed E-state index contributed by atoms with van der Waals surface area (Å²) in [6.07, 6.45) is 2.32. The molecule has 15 heavy (non-hydrogen) atoms. The molecule has 82 valence electrons. The molecule has 1 aromatic rings. The third-order valence-corrected chi connectivity index (χ3v) is 2.44. The molecule has 0 amide bonds. The van der Waals surface area contributed by atoms with Crippen LogP contribution >= 0.6 is 0 Å². The van der Waals surface area contributed by atoms with Crippen LogP contribution in [0.3, 0.4) is 0 Å². The Labute approximate surface area is 91.3 Å². The average Bonchev–Trinajstić information content (AvgIpc) is 2.25. The topological polar surface area (TPSA) is 26.3 Å². The zero-order chi connectivity index (χ0) is 11.3. The van der Waals surface area contributed by atoms with Gasteiger partial charge in [0.2, 0.25) is 0 Å². The first kappa shape index (κ1) is 11.8. The number of benzene rings is 1. The molecule has 0 bridgehead atoms. The van der Waals surface area contributed by atoms with Crippen molar-refractivity contribution < 1.29 is 9.53 Å². The summed E-state index contributed by atoms with van der Waals surface area (Å²) in [6, 6.07) is 6.20. The molecular formula is C13H18O2. The van der Waals surface area contributed by atoms with Crippen molar-refractivity contribution in [3.8, 4) is 5.75 Å². The van der Waals surface area contributed by atoms with E-state index in [9.17, 15) is 4.79 Å². The van der Waals surface area contributed by atoms with Gasteiger partial charge in [-0.3, -0.25) is 0 Å². The van der Waals surface area contributed by atoms with Crippen LogP contribution in [-0.2, 0) is 11.2 Å². The molecule has 0 saturated carbocycles. The molecule has 0 aliphatic rings. The molecule has 0 atom stereocenters. The van der Waals surface area contributed by atoms with Crippen molar-refractivity contribution in [2.24, 2.45) is 0 Å². The van der Waals surface area contributed by atoms with Gasteiger partial charge in [-0.15, -0.1) is 0 Å². The lowest BCUT2D eigenvalue weighted by atomic mass is 9.98. The van der Waals surface area contributed by atoms with Crippen LogP contribution in [0.15, 0.2) is 18.2 Å². The number of hydrogen-bond acceptors (Lipinski definition) is 2. The zero-order valence-electron chi connectivity index (χ0n) is 9.62. The fourth-order valence-electron chi connectivity index (χ4n) is 1.51. The molecule has 0 spiro atoms. The molecule has 0 fully saturated rings. The summed E-state index contributed by atoms with van der Waals surface area (Å²) >= 11 is 0. The highest BCUT2D eigenvalue weighted by Crippen LogP contribution is 2.23. The minimum Gasteiger partial charge on any atom is -0.497 e. The van der Waals surface area contributed by atoms with Crippen LogP contribution in [-0.4, -0.2) is 13.4 Å². The maximum atomic E-state index is 10.3. The summed E-state index contributed by atoms with van der Waals surface area (Å²) in [4.78, 5) is 10.3. The quantitative estimate of drug-likeness (QED) is 0.692. The second kappa shape index (κ2) is 5.54. The first-order valence-corrected chi connectivity index (χ1v) is 5.29. The Balaban J connectivity index is 2.94. The van der Waals surface area contributed by atoms with E-state index >= 15 is 0 Å². The average molecular weight is 206 g/mol. The molecule has 0 unspecified atom stereocenters. The zero-order valence-corrected chi connectivity index (χ0v) is 9.62. The fraction of sp³-hybridized carbons (Fsp3) is 0.462. The van der Waals surface area contributed by atoms with Crippen molar-refractivity contribution in [2.75, 3.05) is 7.11 Å². The predicted octanol–water partition coefficient (Wildman–Crippen LogP) is 2.95. The summed E-state index contributed by atoms with van der Waals surface area (Å²) in [5, 5.41) is 0. The summed E-state index contributed by atoms with van der Waals surface area (Å²) < 4.78 is 5.24. The van der Waals surface area contributed by atoms with Gasteiger partial charge in [0, 0.05) is 6.42 Å². The molecule has 0 aromatic heterocycles. The van der Waals surface area contributed by atoms with Gasteiger partial charge in [0.05, 0.1) is 7.11 Å². The Morgan fingerprint density at radius 2 is 2.07 bits per heavy atom. The molecule has 0 aliphatic heterocycles. The molecule has 2 heteroatoms. The van der Waals surface area contributed by atoms with Crippen LogP contribution in [0.4, 0.5) is 0 Å². The number of rotatable bonds is 5. The van der Waals surface area contributed by atoms with Gasteiger partial charge in [-0.25, -0.2) is 0 Å². The van der Waals surface area contributed by atoms with Gasteiger partial charge < -0.3 is 9.53 Å². The third kappa shape index (κ3) is 3.39. The number of ether oxygens (including phenoxy) is 1. The highest BCUT2D eigenvalue weighted by atomic mass is 16.5. The van der Waals surface area contributed by atoms with E-state index in [1.165, 1.54) is 11.1 Å². The smallest absolute Gasteiger partial charge is 0.120 e. The molecule has 2 nitrogen and oxygen atoms in total. The second-order valence-corrected chi connectivity index (χ2v) is 3.97. The molecule has 0 saturated heterocycles. The lowest BCUT2D eigenvalue weighted by Gasteiger charge is -2.10. The number of hydrogen-bond donors (Lipinski definition) is 0. The second-order valence-electron chi connectivity index (χ2n) is 3.97. The van der Waals surface area contributed by atoms with Gasteiger partial charge in [-0.05, 0) is 35.6 Å². The van der Waals surface area contributed by atoms with Crippen LogP contribution in [0.1, 0.15) is 37.3 Å². The van der Waals surface area contributed by atoms with E-state index in [-0.39, 0.29) is 0 Å². The van der Waals surface area contributed by atoms with Crippen molar-refractivity contribution in [2.45, 2.75) is 32.6 Å². The maximum Gasteiger partial charge on any atom is 0.120 e. The number of aldehydes is 1. The van der Waals surface area contributed by atoms with Crippen LogP contribution in [0.5, 0.6) is 5.75 Å². The van der Waals surface area contributed by atoms with E-state index in [0.29, 0.717) is 12.3 Å². The largest absolute Gasteiger partial charge is 0.497 e. The molecule has 0 heterocycles. The van der Waals surface area contributed by atoms with E-state index in [0.717, 1.165) is 18.5 Å². The summed E-state index contributed by atoms with van der Waals surface area (Å²) in [6.45, 7) is 4.30. The third-order valence-electron chi connectivity index (χ3n) is 2.44. The normalized spacial score (nSPS) is 10.4. The number of aryl methyl sites for hydroxylation is 1. The SMILES string of the molecule is COc1cc(CCC=O)cc(C(C)C)c1. The summed E-state index contributed by atoms with van der Waals surface area (Å²) in [5.74, 6) is 1.36. The molecule has 0 N–H and O–H groups in total. The van der Waals surface area contributed by atoms with Gasteiger partial charge in [-0.1, -0.05) is 19.9 Å². The summed E-state index contributed by atoms with van der Waals surface area (Å²) in [7, 11) is 1.67. The van der Waals surface area contributed by atoms with E-state index in [1.54, 1.807) is 7.11 Å². The molecule has 0 radical (unpaired) electrons. The van der Waals surface area contributed by atoms with E-state index < -0.39 is 0 Å². The van der Waals surface area contributed by atoms with Crippen LogP contribution in [0, 0.1) is 0 Å². The Morgan fingerprint density at radius 3 is 2.60 bits per heavy atom. The maximum absolute atomic E-state index is 10.3. The van der Waals surface area contributed by atoms with E-state index in [2.05, 4.69) is 26.0 Å². The minimum atomic E-state index is 0.482. The van der Waals surface area contributed by atoms with Crippen molar-refractivity contribution in [3.63, 3.8) is 0 Å². The van der Waals surface area contributed by atoms with Crippen LogP contribution < -0.4 is 4.74 Å². The molecule has 0 aliphatic carbocycles. The van der Waals surface area contributed by atoms with Crippen molar-refractivity contribution in [3.05, 3.63) is 29.3 Å². The number of carbonyl (C=O) groups excluding carboxylic acids is 1. The lowest BCUT2D eigenvalue weighted by Crippen LogP contribution is -1.94. The standard InChI is InChI=1S/C13H18O2/c1-10(2)12-7-11(5-4-6-14)8-13(9-12)15-3/h6-10H,4-5H2,1-3H3. The number of carbonyl (C=O) groups is 1. The van der Waals surface area contributed by atoms with E-state index in [1.807, 2.05) is 6.07 Å². The van der Waals surface area contributed by atoms with Crippen LogP contribution in [0.25, 0.3) is 0 Å². The van der Waals surface area contributed by atoms with Gasteiger partial charge in [0.25, 0.3) is 0 Å². The van der Waals surface area contributed by atoms with E-state index in [4.69, 9.17) is 4.74 Å². The summed E-state index contributed by atoms with van der Waals surface area (Å²) in [5.41, 5.74) is 2.43. The molecular weight excluding hydrogens is 188 g/mol. The van der Waals surface area contributed by atoms with Gasteiger partial charge >= 0.3 is 0 Å². The highest BCUT2D eigenvalue weighted by molar-refractivity contribution is 5.50. The van der Waals surface area contributed by atoms with Crippen molar-refractivity contribution in [1.82, 2.24) is 0 Å². The van der Waals surface area contributed by atoms with Crippen molar-refractivity contribution >= 4 is 6.29 Å². The highest BCUT2D eigenvalue weighted by Gasteiger charge is 2.04.